The number of benzene rings is 1. The standard InChI is InChI=1S/C21H25N3O4/c1-3-13-24(15-9-5-4-6-10-15)18(25)14-28-21(27)19-16-11-7-8-12-17(16)20(26)23(2)22-19/h7-9,11-12H,3-6,10,13-14H2,1-2H3. The van der Waals surface area contributed by atoms with E-state index in [-0.39, 0.29) is 23.8 Å². The van der Waals surface area contributed by atoms with E-state index in [0.717, 1.165) is 42.5 Å². The molecule has 0 aliphatic heterocycles. The highest BCUT2D eigenvalue weighted by molar-refractivity contribution is 6.02. The summed E-state index contributed by atoms with van der Waals surface area (Å²) in [4.78, 5) is 39.2. The fourth-order valence-corrected chi connectivity index (χ4v) is 3.44. The normalized spacial score (nSPS) is 13.9. The first-order valence-electron chi connectivity index (χ1n) is 9.65. The monoisotopic (exact) mass is 383 g/mol. The van der Waals surface area contributed by atoms with Crippen LogP contribution in [0.5, 0.6) is 0 Å². The maximum absolute atomic E-state index is 12.7. The van der Waals surface area contributed by atoms with E-state index in [1.54, 1.807) is 29.2 Å². The maximum atomic E-state index is 12.7. The van der Waals surface area contributed by atoms with Gasteiger partial charge in [0.1, 0.15) is 0 Å². The van der Waals surface area contributed by atoms with Gasteiger partial charge in [-0.15, -0.1) is 0 Å². The van der Waals surface area contributed by atoms with Crippen molar-refractivity contribution in [3.63, 3.8) is 0 Å². The lowest BCUT2D eigenvalue weighted by molar-refractivity contribution is -0.132. The Labute approximate surface area is 163 Å². The number of carbonyl (C=O) groups is 2. The summed E-state index contributed by atoms with van der Waals surface area (Å²) in [7, 11) is 1.48. The van der Waals surface area contributed by atoms with Gasteiger partial charge in [0.15, 0.2) is 12.3 Å². The molecule has 2 aromatic rings. The van der Waals surface area contributed by atoms with Crippen LogP contribution >= 0.6 is 0 Å². The molecule has 3 rings (SSSR count). The summed E-state index contributed by atoms with van der Waals surface area (Å²) >= 11 is 0. The molecule has 1 amide bonds. The van der Waals surface area contributed by atoms with Gasteiger partial charge in [0.25, 0.3) is 11.5 Å². The second-order valence-electron chi connectivity index (χ2n) is 6.89. The number of esters is 1. The SMILES string of the molecule is CCCN(C(=O)COC(=O)c1nn(C)c(=O)c2ccccc12)C1=CCCCC1. The second-order valence-corrected chi connectivity index (χ2v) is 6.89. The number of carbonyl (C=O) groups excluding carboxylic acids is 2. The molecule has 7 nitrogen and oxygen atoms in total. The van der Waals surface area contributed by atoms with Gasteiger partial charge in [0.2, 0.25) is 0 Å². The maximum Gasteiger partial charge on any atom is 0.359 e. The van der Waals surface area contributed by atoms with E-state index in [1.807, 2.05) is 6.92 Å². The van der Waals surface area contributed by atoms with Crippen LogP contribution in [0.25, 0.3) is 10.8 Å². The first-order chi connectivity index (χ1) is 13.5. The van der Waals surface area contributed by atoms with Gasteiger partial charge in [0, 0.05) is 24.7 Å². The summed E-state index contributed by atoms with van der Waals surface area (Å²) in [5.41, 5.74) is 0.755. The Kier molecular flexibility index (Phi) is 6.23. The van der Waals surface area contributed by atoms with Crippen LogP contribution in [0.15, 0.2) is 40.8 Å². The smallest absolute Gasteiger partial charge is 0.359 e. The Bertz CT molecular complexity index is 977. The van der Waals surface area contributed by atoms with E-state index in [2.05, 4.69) is 11.2 Å². The van der Waals surface area contributed by atoms with E-state index in [0.29, 0.717) is 17.3 Å². The summed E-state index contributed by atoms with van der Waals surface area (Å²) in [5.74, 6) is -0.952. The number of aromatic nitrogens is 2. The first kappa shape index (κ1) is 19.8. The second kappa shape index (κ2) is 8.82. The molecule has 28 heavy (non-hydrogen) atoms. The number of hydrogen-bond donors (Lipinski definition) is 0. The molecule has 0 saturated heterocycles. The van der Waals surface area contributed by atoms with Crippen LogP contribution in [-0.2, 0) is 16.6 Å². The van der Waals surface area contributed by atoms with E-state index in [9.17, 15) is 14.4 Å². The summed E-state index contributed by atoms with van der Waals surface area (Å²) < 4.78 is 6.38. The third kappa shape index (κ3) is 4.13. The van der Waals surface area contributed by atoms with Crippen LogP contribution in [0.4, 0.5) is 0 Å². The summed E-state index contributed by atoms with van der Waals surface area (Å²) in [6.07, 6.45) is 6.96. The number of aryl methyl sites for hydroxylation is 1. The number of fused-ring (bicyclic) bond motifs is 1. The van der Waals surface area contributed by atoms with Gasteiger partial charge >= 0.3 is 5.97 Å². The Balaban J connectivity index is 1.77. The molecule has 148 valence electrons. The van der Waals surface area contributed by atoms with Gasteiger partial charge in [-0.1, -0.05) is 31.2 Å². The zero-order chi connectivity index (χ0) is 20.1. The fourth-order valence-electron chi connectivity index (χ4n) is 3.44. The average molecular weight is 383 g/mol. The van der Waals surface area contributed by atoms with Gasteiger partial charge in [-0.25, -0.2) is 9.48 Å². The molecule has 1 aromatic heterocycles. The van der Waals surface area contributed by atoms with Crippen LogP contribution in [0.3, 0.4) is 0 Å². The van der Waals surface area contributed by atoms with E-state index in [4.69, 9.17) is 4.74 Å². The Hall–Kier alpha value is -2.96. The van der Waals surface area contributed by atoms with Crippen LogP contribution in [-0.4, -0.2) is 39.7 Å². The highest BCUT2D eigenvalue weighted by Gasteiger charge is 2.22. The van der Waals surface area contributed by atoms with Gasteiger partial charge < -0.3 is 9.64 Å². The molecule has 0 saturated carbocycles. The number of hydrogen-bond acceptors (Lipinski definition) is 5. The summed E-state index contributed by atoms with van der Waals surface area (Å²) in [6, 6.07) is 6.74. The minimum Gasteiger partial charge on any atom is -0.451 e. The lowest BCUT2D eigenvalue weighted by Crippen LogP contribution is -2.35. The zero-order valence-electron chi connectivity index (χ0n) is 16.3. The predicted molar refractivity (Wildman–Crippen MR) is 106 cm³/mol. The quantitative estimate of drug-likeness (QED) is 0.717. The van der Waals surface area contributed by atoms with Crippen LogP contribution in [0.2, 0.25) is 0 Å². The van der Waals surface area contributed by atoms with Crippen molar-refractivity contribution in [3.05, 3.63) is 52.1 Å². The fraction of sp³-hybridized carbons (Fsp3) is 0.429. The van der Waals surface area contributed by atoms with Crippen molar-refractivity contribution in [1.82, 2.24) is 14.7 Å². The van der Waals surface area contributed by atoms with Crippen molar-refractivity contribution in [2.24, 2.45) is 7.05 Å². The lowest BCUT2D eigenvalue weighted by Gasteiger charge is -2.27. The molecule has 0 N–H and O–H groups in total. The van der Waals surface area contributed by atoms with E-state index < -0.39 is 5.97 Å². The summed E-state index contributed by atoms with van der Waals surface area (Å²) in [5, 5.41) is 4.85. The number of nitrogens with zero attached hydrogens (tertiary/aromatic N) is 3. The van der Waals surface area contributed by atoms with Gasteiger partial charge in [-0.05, 0) is 38.2 Å². The third-order valence-electron chi connectivity index (χ3n) is 4.84. The molecule has 0 bridgehead atoms. The number of amides is 1. The van der Waals surface area contributed by atoms with Crippen LogP contribution < -0.4 is 5.56 Å². The first-order valence-corrected chi connectivity index (χ1v) is 9.65. The largest absolute Gasteiger partial charge is 0.451 e. The molecule has 0 fully saturated rings. The molecule has 0 spiro atoms. The minimum absolute atomic E-state index is 0.0319. The highest BCUT2D eigenvalue weighted by atomic mass is 16.5. The summed E-state index contributed by atoms with van der Waals surface area (Å²) in [6.45, 7) is 2.26. The number of allylic oxidation sites excluding steroid dienone is 2. The molecule has 1 aliphatic carbocycles. The zero-order valence-corrected chi connectivity index (χ0v) is 16.3. The molecular weight excluding hydrogens is 358 g/mol. The van der Waals surface area contributed by atoms with Gasteiger partial charge in [-0.2, -0.15) is 5.10 Å². The Morgan fingerprint density at radius 3 is 2.64 bits per heavy atom. The van der Waals surface area contributed by atoms with Gasteiger partial charge in [0.05, 0.1) is 5.39 Å². The molecule has 1 aromatic carbocycles. The molecule has 0 radical (unpaired) electrons. The van der Waals surface area contributed by atoms with E-state index >= 15 is 0 Å². The van der Waals surface area contributed by atoms with Crippen LogP contribution in [0, 0.1) is 0 Å². The van der Waals surface area contributed by atoms with E-state index in [1.165, 1.54) is 7.05 Å². The molecule has 0 unspecified atom stereocenters. The topological polar surface area (TPSA) is 81.5 Å². The molecule has 1 aliphatic rings. The van der Waals surface area contributed by atoms with Gasteiger partial charge in [-0.3, -0.25) is 9.59 Å². The van der Waals surface area contributed by atoms with Crippen molar-refractivity contribution in [3.8, 4) is 0 Å². The Morgan fingerprint density at radius 2 is 1.96 bits per heavy atom. The van der Waals surface area contributed by atoms with Crippen molar-refractivity contribution in [1.29, 1.82) is 0 Å². The number of ether oxygens (including phenoxy) is 1. The minimum atomic E-state index is -0.714. The Morgan fingerprint density at radius 1 is 1.21 bits per heavy atom. The van der Waals surface area contributed by atoms with Crippen molar-refractivity contribution in [2.75, 3.05) is 13.2 Å². The average Bonchev–Trinajstić information content (AvgIpc) is 2.73. The molecule has 1 heterocycles. The van der Waals surface area contributed by atoms with Crippen LogP contribution in [0.1, 0.15) is 49.5 Å². The van der Waals surface area contributed by atoms with Crippen molar-refractivity contribution in [2.45, 2.75) is 39.0 Å². The van der Waals surface area contributed by atoms with Crippen molar-refractivity contribution >= 4 is 22.6 Å². The lowest BCUT2D eigenvalue weighted by atomic mass is 10.0. The number of rotatable bonds is 6. The molecule has 0 atom stereocenters. The molecule has 7 heteroatoms. The van der Waals surface area contributed by atoms with Crippen molar-refractivity contribution < 1.29 is 14.3 Å². The molecular formula is C21H25N3O4. The highest BCUT2D eigenvalue weighted by Crippen LogP contribution is 2.21. The predicted octanol–water partition coefficient (Wildman–Crippen LogP) is 2.79. The third-order valence-corrected chi connectivity index (χ3v) is 4.84.